The van der Waals surface area contributed by atoms with Crippen LogP contribution in [-0.2, 0) is 11.3 Å². The maximum atomic E-state index is 11.5. The molecule has 0 saturated carbocycles. The molecule has 1 aromatic heterocycles. The smallest absolute Gasteiger partial charge is 0.239 e. The fourth-order valence-electron chi connectivity index (χ4n) is 3.52. The van der Waals surface area contributed by atoms with Crippen molar-refractivity contribution in [1.29, 1.82) is 0 Å². The van der Waals surface area contributed by atoms with E-state index in [0.29, 0.717) is 6.54 Å². The number of benzene rings is 2. The second-order valence-electron chi connectivity index (χ2n) is 7.41. The molecular formula is C22H27ClN8O. The summed E-state index contributed by atoms with van der Waals surface area (Å²) in [5, 5.41) is 24.2. The SMILES string of the molecule is CNC1NC(NCc2cccc(NC(=O)CCl)c2)NC(Nc2ccc3ncccc3c2)N1. The molecule has 0 radical (unpaired) electrons. The Kier molecular flexibility index (Phi) is 7.48. The predicted molar refractivity (Wildman–Crippen MR) is 128 cm³/mol. The highest BCUT2D eigenvalue weighted by atomic mass is 35.5. The zero-order valence-corrected chi connectivity index (χ0v) is 18.4. The molecule has 4 rings (SSSR count). The molecule has 168 valence electrons. The molecule has 3 unspecified atom stereocenters. The first-order chi connectivity index (χ1) is 15.6. The number of carbonyl (C=O) groups excluding carboxylic acids is 1. The normalized spacial score (nSPS) is 20.8. The lowest BCUT2D eigenvalue weighted by atomic mass is 10.2. The van der Waals surface area contributed by atoms with Crippen LogP contribution in [-0.4, -0.2) is 42.7 Å². The van der Waals surface area contributed by atoms with Gasteiger partial charge in [0.25, 0.3) is 0 Å². The van der Waals surface area contributed by atoms with E-state index in [1.807, 2.05) is 55.6 Å². The van der Waals surface area contributed by atoms with Crippen molar-refractivity contribution in [1.82, 2.24) is 31.6 Å². The molecule has 3 atom stereocenters. The number of pyridine rings is 1. The Labute approximate surface area is 191 Å². The molecule has 1 amide bonds. The highest BCUT2D eigenvalue weighted by Crippen LogP contribution is 2.17. The summed E-state index contributed by atoms with van der Waals surface area (Å²) in [7, 11) is 1.88. The Morgan fingerprint density at radius 1 is 1.00 bits per heavy atom. The third kappa shape index (κ3) is 5.92. The lowest BCUT2D eigenvalue weighted by Crippen LogP contribution is -2.75. The van der Waals surface area contributed by atoms with Crippen molar-refractivity contribution in [3.8, 4) is 0 Å². The molecule has 0 aliphatic carbocycles. The molecule has 7 N–H and O–H groups in total. The summed E-state index contributed by atoms with van der Waals surface area (Å²) in [5.74, 6) is -0.299. The van der Waals surface area contributed by atoms with Gasteiger partial charge < -0.3 is 10.6 Å². The van der Waals surface area contributed by atoms with Gasteiger partial charge in [0.1, 0.15) is 24.7 Å². The van der Waals surface area contributed by atoms with Crippen molar-refractivity contribution < 1.29 is 4.79 Å². The number of halogens is 1. The van der Waals surface area contributed by atoms with E-state index in [4.69, 9.17) is 11.6 Å². The number of fused-ring (bicyclic) bond motifs is 1. The number of amides is 1. The van der Waals surface area contributed by atoms with Crippen molar-refractivity contribution in [2.24, 2.45) is 0 Å². The monoisotopic (exact) mass is 454 g/mol. The van der Waals surface area contributed by atoms with E-state index in [1.165, 1.54) is 0 Å². The Bertz CT molecular complexity index is 1060. The average Bonchev–Trinajstić information content (AvgIpc) is 2.82. The number of alkyl halides is 1. The van der Waals surface area contributed by atoms with Gasteiger partial charge in [-0.2, -0.15) is 0 Å². The van der Waals surface area contributed by atoms with E-state index in [0.717, 1.165) is 27.8 Å². The van der Waals surface area contributed by atoms with Crippen LogP contribution in [0.3, 0.4) is 0 Å². The van der Waals surface area contributed by atoms with Crippen molar-refractivity contribution in [3.63, 3.8) is 0 Å². The number of hydrogen-bond acceptors (Lipinski definition) is 8. The Hall–Kier alpha value is -2.79. The number of aromatic nitrogens is 1. The fourth-order valence-corrected chi connectivity index (χ4v) is 3.58. The largest absolute Gasteiger partial charge is 0.357 e. The first-order valence-corrected chi connectivity index (χ1v) is 10.9. The van der Waals surface area contributed by atoms with Gasteiger partial charge in [0, 0.05) is 29.5 Å². The van der Waals surface area contributed by atoms with Crippen molar-refractivity contribution in [3.05, 3.63) is 66.4 Å². The summed E-state index contributed by atoms with van der Waals surface area (Å²) >= 11 is 5.57. The minimum Gasteiger partial charge on any atom is -0.357 e. The van der Waals surface area contributed by atoms with Crippen LogP contribution in [0.2, 0.25) is 0 Å². The molecular weight excluding hydrogens is 428 g/mol. The average molecular weight is 455 g/mol. The van der Waals surface area contributed by atoms with Crippen LogP contribution in [0.25, 0.3) is 10.9 Å². The first-order valence-electron chi connectivity index (χ1n) is 10.4. The molecule has 32 heavy (non-hydrogen) atoms. The number of hydrogen-bond donors (Lipinski definition) is 7. The molecule has 1 aliphatic rings. The first kappa shape index (κ1) is 22.4. The zero-order valence-electron chi connectivity index (χ0n) is 17.7. The van der Waals surface area contributed by atoms with Gasteiger partial charge in [0.15, 0.2) is 0 Å². The van der Waals surface area contributed by atoms with Gasteiger partial charge in [-0.15, -0.1) is 11.6 Å². The highest BCUT2D eigenvalue weighted by molar-refractivity contribution is 6.29. The van der Waals surface area contributed by atoms with E-state index in [-0.39, 0.29) is 30.7 Å². The zero-order chi connectivity index (χ0) is 22.3. The third-order valence-corrected chi connectivity index (χ3v) is 5.29. The van der Waals surface area contributed by atoms with Gasteiger partial charge in [-0.1, -0.05) is 18.2 Å². The van der Waals surface area contributed by atoms with Crippen LogP contribution in [0.4, 0.5) is 11.4 Å². The van der Waals surface area contributed by atoms with Crippen molar-refractivity contribution in [2.45, 2.75) is 25.4 Å². The van der Waals surface area contributed by atoms with Gasteiger partial charge in [0.05, 0.1) is 5.52 Å². The molecule has 2 heterocycles. The maximum absolute atomic E-state index is 11.5. The van der Waals surface area contributed by atoms with Crippen LogP contribution in [0.1, 0.15) is 5.56 Å². The molecule has 1 saturated heterocycles. The molecule has 9 nitrogen and oxygen atoms in total. The van der Waals surface area contributed by atoms with Crippen LogP contribution in [0, 0.1) is 0 Å². The maximum Gasteiger partial charge on any atom is 0.239 e. The van der Waals surface area contributed by atoms with Gasteiger partial charge in [0.2, 0.25) is 5.91 Å². The molecule has 2 aromatic carbocycles. The van der Waals surface area contributed by atoms with Gasteiger partial charge >= 0.3 is 0 Å². The minimum atomic E-state index is -0.228. The summed E-state index contributed by atoms with van der Waals surface area (Å²) in [6.45, 7) is 0.597. The summed E-state index contributed by atoms with van der Waals surface area (Å²) in [6, 6.07) is 17.7. The van der Waals surface area contributed by atoms with E-state index >= 15 is 0 Å². The van der Waals surface area contributed by atoms with E-state index in [1.54, 1.807) is 6.20 Å². The Balaban J connectivity index is 1.37. The number of anilines is 2. The summed E-state index contributed by atoms with van der Waals surface area (Å²) in [6.07, 6.45) is 1.33. The second kappa shape index (κ2) is 10.7. The molecule has 1 fully saturated rings. The van der Waals surface area contributed by atoms with E-state index in [9.17, 15) is 4.79 Å². The quantitative estimate of drug-likeness (QED) is 0.256. The van der Waals surface area contributed by atoms with E-state index in [2.05, 4.69) is 48.3 Å². The summed E-state index contributed by atoms with van der Waals surface area (Å²) in [4.78, 5) is 15.9. The molecule has 1 aliphatic heterocycles. The van der Waals surface area contributed by atoms with Crippen LogP contribution in [0.5, 0.6) is 0 Å². The fraction of sp³-hybridized carbons (Fsp3) is 0.273. The van der Waals surface area contributed by atoms with Gasteiger partial charge in [-0.05, 0) is 49.0 Å². The molecule has 0 spiro atoms. The van der Waals surface area contributed by atoms with Gasteiger partial charge in [-0.25, -0.2) is 0 Å². The Morgan fingerprint density at radius 3 is 2.69 bits per heavy atom. The van der Waals surface area contributed by atoms with Crippen LogP contribution in [0.15, 0.2) is 60.8 Å². The van der Waals surface area contributed by atoms with Crippen LogP contribution < -0.4 is 37.2 Å². The molecule has 0 bridgehead atoms. The second-order valence-corrected chi connectivity index (χ2v) is 7.67. The molecule has 10 heteroatoms. The molecule has 3 aromatic rings. The van der Waals surface area contributed by atoms with Gasteiger partial charge in [-0.3, -0.25) is 36.4 Å². The standard InChI is InChI=1S/C22H27ClN8O/c1-24-20-29-21(26-13-14-4-2-6-16(10-14)27-19(32)12-23)31-22(30-20)28-17-7-8-18-15(11-17)5-3-9-25-18/h2-11,20-22,24,26,28-31H,12-13H2,1H3,(H,27,32). The lowest BCUT2D eigenvalue weighted by Gasteiger charge is -2.39. The van der Waals surface area contributed by atoms with E-state index < -0.39 is 0 Å². The Morgan fingerprint density at radius 2 is 1.84 bits per heavy atom. The lowest BCUT2D eigenvalue weighted by molar-refractivity contribution is -0.113. The number of nitrogens with zero attached hydrogens (tertiary/aromatic N) is 1. The summed E-state index contributed by atoms with van der Waals surface area (Å²) in [5.41, 5.74) is 3.70. The van der Waals surface area contributed by atoms with Crippen molar-refractivity contribution in [2.75, 3.05) is 23.6 Å². The van der Waals surface area contributed by atoms with Crippen molar-refractivity contribution >= 4 is 39.8 Å². The predicted octanol–water partition coefficient (Wildman–Crippen LogP) is 1.47. The van der Waals surface area contributed by atoms with Crippen LogP contribution >= 0.6 is 11.6 Å². The number of rotatable bonds is 8. The topological polar surface area (TPSA) is 114 Å². The number of nitrogens with one attached hydrogen (secondary N) is 7. The number of carbonyl (C=O) groups is 1. The highest BCUT2D eigenvalue weighted by Gasteiger charge is 2.25. The third-order valence-electron chi connectivity index (χ3n) is 5.05. The minimum absolute atomic E-state index is 0.0705. The summed E-state index contributed by atoms with van der Waals surface area (Å²) < 4.78 is 0.